The number of para-hydroxylation sites is 1. The molecule has 0 radical (unpaired) electrons. The minimum absolute atomic E-state index is 0.0810. The molecule has 0 saturated carbocycles. The quantitative estimate of drug-likeness (QED) is 0.231. The van der Waals surface area contributed by atoms with Crippen molar-refractivity contribution < 1.29 is 14.3 Å². The van der Waals surface area contributed by atoms with Gasteiger partial charge in [-0.1, -0.05) is 48.0 Å². The van der Waals surface area contributed by atoms with Crippen LogP contribution >= 0.6 is 23.4 Å². The van der Waals surface area contributed by atoms with Crippen molar-refractivity contribution >= 4 is 40.5 Å². The Kier molecular flexibility index (Phi) is 7.96. The molecule has 3 aromatic carbocycles. The monoisotopic (exact) mass is 584 g/mol. The number of amidine groups is 1. The van der Waals surface area contributed by atoms with E-state index in [1.807, 2.05) is 110 Å². The van der Waals surface area contributed by atoms with Crippen LogP contribution in [0.2, 0.25) is 5.02 Å². The maximum absolute atomic E-state index is 13.0. The number of carbonyl (C=O) groups excluding carboxylic acids is 1. The second-order valence-corrected chi connectivity index (χ2v) is 11.5. The summed E-state index contributed by atoms with van der Waals surface area (Å²) >= 11 is 7.68. The fourth-order valence-corrected chi connectivity index (χ4v) is 6.04. The highest BCUT2D eigenvalue weighted by atomic mass is 35.5. The molecule has 6 rings (SSSR count). The first kappa shape index (κ1) is 27.3. The molecule has 0 aliphatic carbocycles. The van der Waals surface area contributed by atoms with Gasteiger partial charge in [0.25, 0.3) is 5.91 Å². The number of hydrogen-bond acceptors (Lipinski definition) is 6. The molecule has 208 valence electrons. The smallest absolute Gasteiger partial charge is 0.286 e. The van der Waals surface area contributed by atoms with Crippen LogP contribution in [-0.4, -0.2) is 51.1 Å². The van der Waals surface area contributed by atoms with Gasteiger partial charge in [-0.15, -0.1) is 0 Å². The van der Waals surface area contributed by atoms with Crippen molar-refractivity contribution in [3.8, 4) is 22.7 Å². The molecular weight excluding hydrogens is 556 g/mol. The van der Waals surface area contributed by atoms with Crippen LogP contribution in [-0.2, 0) is 16.1 Å². The second-order valence-electron chi connectivity index (χ2n) is 10.1. The highest BCUT2D eigenvalue weighted by Crippen LogP contribution is 2.34. The van der Waals surface area contributed by atoms with Gasteiger partial charge in [0.1, 0.15) is 12.4 Å². The normalized spacial score (nSPS) is 20.0. The summed E-state index contributed by atoms with van der Waals surface area (Å²) in [6.45, 7) is 5.87. The molecule has 2 aliphatic heterocycles. The fourth-order valence-electron chi connectivity index (χ4n) is 4.92. The number of hydrogen-bond donors (Lipinski definition) is 0. The molecule has 0 spiro atoms. The van der Waals surface area contributed by atoms with E-state index in [0.717, 1.165) is 39.0 Å². The zero-order valence-electron chi connectivity index (χ0n) is 22.7. The Morgan fingerprint density at radius 1 is 1.00 bits per heavy atom. The number of nitrogens with zero attached hydrogens (tertiary/aromatic N) is 4. The van der Waals surface area contributed by atoms with Crippen molar-refractivity contribution in [2.24, 2.45) is 4.99 Å². The molecule has 1 saturated heterocycles. The van der Waals surface area contributed by atoms with Gasteiger partial charge in [0, 0.05) is 41.0 Å². The van der Waals surface area contributed by atoms with Crippen molar-refractivity contribution in [1.29, 1.82) is 0 Å². The average molecular weight is 585 g/mol. The molecule has 3 heterocycles. The highest BCUT2D eigenvalue weighted by molar-refractivity contribution is 8.18. The first-order valence-electron chi connectivity index (χ1n) is 13.5. The van der Waals surface area contributed by atoms with Gasteiger partial charge in [0.2, 0.25) is 0 Å². The fraction of sp³-hybridized carbons (Fsp3) is 0.219. The zero-order chi connectivity index (χ0) is 28.3. The molecule has 1 amide bonds. The SMILES string of the molecule is C[C@H]1CN(C2=NC(=O)/C(=C/c3cn(-c4ccccc4)nc3-c3ccc(OCc4ccccc4Cl)cc3)S2)C[C@H](C)O1. The Hall–Kier alpha value is -3.85. The number of thioether (sulfide) groups is 1. The molecule has 1 fully saturated rings. The van der Waals surface area contributed by atoms with E-state index in [-0.39, 0.29) is 18.1 Å². The molecular formula is C32H29ClN4O3S. The van der Waals surface area contributed by atoms with Crippen molar-refractivity contribution in [3.05, 3.63) is 106 Å². The predicted molar refractivity (Wildman–Crippen MR) is 164 cm³/mol. The Morgan fingerprint density at radius 2 is 1.71 bits per heavy atom. The number of halogens is 1. The van der Waals surface area contributed by atoms with Crippen molar-refractivity contribution in [3.63, 3.8) is 0 Å². The number of morpholine rings is 1. The third-order valence-electron chi connectivity index (χ3n) is 6.83. The van der Waals surface area contributed by atoms with E-state index in [1.165, 1.54) is 11.8 Å². The Bertz CT molecular complexity index is 1610. The number of rotatable bonds is 6. The van der Waals surface area contributed by atoms with Gasteiger partial charge in [0.05, 0.1) is 28.5 Å². The summed E-state index contributed by atoms with van der Waals surface area (Å²) in [6, 6.07) is 25.3. The van der Waals surface area contributed by atoms with Gasteiger partial charge < -0.3 is 14.4 Å². The summed E-state index contributed by atoms with van der Waals surface area (Å²) in [7, 11) is 0. The summed E-state index contributed by atoms with van der Waals surface area (Å²) in [5, 5.41) is 6.31. The van der Waals surface area contributed by atoms with Crippen LogP contribution in [0.25, 0.3) is 23.0 Å². The maximum Gasteiger partial charge on any atom is 0.286 e. The van der Waals surface area contributed by atoms with Gasteiger partial charge in [0.15, 0.2) is 5.17 Å². The zero-order valence-corrected chi connectivity index (χ0v) is 24.3. The van der Waals surface area contributed by atoms with Gasteiger partial charge in [-0.25, -0.2) is 4.68 Å². The van der Waals surface area contributed by atoms with Crippen LogP contribution in [0, 0.1) is 0 Å². The van der Waals surface area contributed by atoms with Crippen LogP contribution in [0.5, 0.6) is 5.75 Å². The van der Waals surface area contributed by atoms with Crippen LogP contribution in [0.15, 0.2) is 95.0 Å². The van der Waals surface area contributed by atoms with Crippen LogP contribution in [0.1, 0.15) is 25.0 Å². The van der Waals surface area contributed by atoms with Crippen LogP contribution < -0.4 is 4.74 Å². The first-order chi connectivity index (χ1) is 19.9. The number of amides is 1. The van der Waals surface area contributed by atoms with E-state index >= 15 is 0 Å². The van der Waals surface area contributed by atoms with Gasteiger partial charge in [-0.2, -0.15) is 10.1 Å². The number of benzene rings is 3. The lowest BCUT2D eigenvalue weighted by Gasteiger charge is -2.35. The first-order valence-corrected chi connectivity index (χ1v) is 14.7. The summed E-state index contributed by atoms with van der Waals surface area (Å²) in [6.07, 6.45) is 4.00. The average Bonchev–Trinajstić information content (AvgIpc) is 3.56. The topological polar surface area (TPSA) is 69.0 Å². The molecule has 4 aromatic rings. The summed E-state index contributed by atoms with van der Waals surface area (Å²) < 4.78 is 13.7. The van der Waals surface area contributed by atoms with E-state index in [0.29, 0.717) is 29.6 Å². The number of aromatic nitrogens is 2. The molecule has 41 heavy (non-hydrogen) atoms. The van der Waals surface area contributed by atoms with E-state index in [1.54, 1.807) is 0 Å². The molecule has 0 bridgehead atoms. The Labute approximate surface area is 248 Å². The van der Waals surface area contributed by atoms with Gasteiger partial charge >= 0.3 is 0 Å². The number of aliphatic imine (C=N–C) groups is 1. The lowest BCUT2D eigenvalue weighted by atomic mass is 10.1. The minimum atomic E-state index is -0.237. The van der Waals surface area contributed by atoms with E-state index < -0.39 is 0 Å². The van der Waals surface area contributed by atoms with E-state index in [9.17, 15) is 4.79 Å². The Morgan fingerprint density at radius 3 is 2.44 bits per heavy atom. The van der Waals surface area contributed by atoms with E-state index in [2.05, 4.69) is 9.89 Å². The number of carbonyl (C=O) groups is 1. The third-order valence-corrected chi connectivity index (χ3v) is 8.24. The molecule has 2 aliphatic rings. The molecule has 7 nitrogen and oxygen atoms in total. The van der Waals surface area contributed by atoms with Crippen molar-refractivity contribution in [2.75, 3.05) is 13.1 Å². The van der Waals surface area contributed by atoms with Crippen molar-refractivity contribution in [1.82, 2.24) is 14.7 Å². The second kappa shape index (κ2) is 11.9. The molecule has 1 aromatic heterocycles. The van der Waals surface area contributed by atoms with E-state index in [4.69, 9.17) is 26.2 Å². The molecule has 0 N–H and O–H groups in total. The largest absolute Gasteiger partial charge is 0.489 e. The Balaban J connectivity index is 1.27. The minimum Gasteiger partial charge on any atom is -0.489 e. The molecule has 9 heteroatoms. The summed E-state index contributed by atoms with van der Waals surface area (Å²) in [5.41, 5.74) is 4.35. The maximum atomic E-state index is 13.0. The summed E-state index contributed by atoms with van der Waals surface area (Å²) in [5.74, 6) is 0.489. The number of ether oxygens (including phenoxy) is 2. The standard InChI is InChI=1S/C32H29ClN4O3S/c1-21-17-36(18-22(2)40-21)32-34-31(38)29(41-32)16-25-19-37(26-9-4-3-5-10-26)35-30(25)23-12-14-27(15-13-23)39-20-24-8-6-7-11-28(24)33/h3-16,19,21-22H,17-18,20H2,1-2H3/b29-16-/t21-,22-/m0/s1. The third kappa shape index (κ3) is 6.25. The highest BCUT2D eigenvalue weighted by Gasteiger charge is 2.31. The predicted octanol–water partition coefficient (Wildman–Crippen LogP) is 6.85. The lowest BCUT2D eigenvalue weighted by molar-refractivity contribution is -0.113. The summed E-state index contributed by atoms with van der Waals surface area (Å²) in [4.78, 5) is 20.1. The van der Waals surface area contributed by atoms with Crippen LogP contribution in [0.4, 0.5) is 0 Å². The van der Waals surface area contributed by atoms with Gasteiger partial charge in [-0.3, -0.25) is 4.79 Å². The van der Waals surface area contributed by atoms with Crippen molar-refractivity contribution in [2.45, 2.75) is 32.7 Å². The molecule has 2 atom stereocenters. The lowest BCUT2D eigenvalue weighted by Crippen LogP contribution is -2.47. The molecule has 0 unspecified atom stereocenters. The van der Waals surface area contributed by atoms with Crippen LogP contribution in [0.3, 0.4) is 0 Å². The van der Waals surface area contributed by atoms with Gasteiger partial charge in [-0.05, 0) is 74.1 Å².